The van der Waals surface area contributed by atoms with Crippen LogP contribution >= 0.6 is 15.9 Å². The Hall–Kier alpha value is -4.05. The van der Waals surface area contributed by atoms with E-state index < -0.39 is 6.17 Å². The number of Topliss-reactive ketones (excluding diaryl/α,β-unsaturated/α-hetero) is 1. The molecule has 1 atom stereocenters. The summed E-state index contributed by atoms with van der Waals surface area (Å²) >= 11 is 3.66. The summed E-state index contributed by atoms with van der Waals surface area (Å²) in [5, 5.41) is 6.61. The van der Waals surface area contributed by atoms with Gasteiger partial charge in [-0.25, -0.2) is 5.01 Å². The number of nitrogens with zero attached hydrogens (tertiary/aromatic N) is 4. The van der Waals surface area contributed by atoms with Crippen molar-refractivity contribution in [1.29, 1.82) is 0 Å². The molecule has 0 bridgehead atoms. The van der Waals surface area contributed by atoms with E-state index in [1.165, 1.54) is 6.92 Å². The van der Waals surface area contributed by atoms with Crippen molar-refractivity contribution in [2.45, 2.75) is 32.4 Å². The normalized spacial score (nSPS) is 16.8. The zero-order valence-corrected chi connectivity index (χ0v) is 25.0. The SMILES string of the molecule is COc1cccc(N2C(C(C)=O)=NN(c3ccccc3)[C@H]2c2cc(Br)c(OCC(=O)N3CCCCC3)c(OC)c2)c1. The summed E-state index contributed by atoms with van der Waals surface area (Å²) in [7, 11) is 3.17. The molecule has 3 aromatic rings. The second-order valence-corrected chi connectivity index (χ2v) is 10.7. The van der Waals surface area contributed by atoms with Crippen LogP contribution in [0.4, 0.5) is 11.4 Å². The third-order valence-corrected chi connectivity index (χ3v) is 7.76. The second kappa shape index (κ2) is 12.6. The molecule has 0 spiro atoms. The number of amidine groups is 1. The number of likely N-dealkylation sites (tertiary alicyclic amines) is 1. The molecule has 10 heteroatoms. The molecule has 41 heavy (non-hydrogen) atoms. The van der Waals surface area contributed by atoms with Crippen LogP contribution in [0.3, 0.4) is 0 Å². The fourth-order valence-electron chi connectivity index (χ4n) is 5.16. The molecule has 0 aliphatic carbocycles. The van der Waals surface area contributed by atoms with E-state index in [2.05, 4.69) is 15.9 Å². The molecule has 9 nitrogen and oxygen atoms in total. The Kier molecular flexibility index (Phi) is 8.78. The number of piperidine rings is 1. The fraction of sp³-hybridized carbons (Fsp3) is 0.323. The van der Waals surface area contributed by atoms with Gasteiger partial charge in [-0.3, -0.25) is 14.5 Å². The van der Waals surface area contributed by atoms with Crippen molar-refractivity contribution < 1.29 is 23.8 Å². The van der Waals surface area contributed by atoms with Gasteiger partial charge in [-0.15, -0.1) is 5.10 Å². The molecule has 0 radical (unpaired) electrons. The number of benzene rings is 3. The van der Waals surface area contributed by atoms with Crippen molar-refractivity contribution in [3.05, 3.63) is 76.8 Å². The van der Waals surface area contributed by atoms with Crippen LogP contribution in [0.1, 0.15) is 37.9 Å². The van der Waals surface area contributed by atoms with Gasteiger partial charge < -0.3 is 19.1 Å². The summed E-state index contributed by atoms with van der Waals surface area (Å²) in [5.74, 6) is 1.61. The number of methoxy groups -OCH3 is 2. The molecule has 5 rings (SSSR count). The van der Waals surface area contributed by atoms with Gasteiger partial charge in [0.2, 0.25) is 0 Å². The molecule has 0 unspecified atom stereocenters. The molecular formula is C31H33BrN4O5. The largest absolute Gasteiger partial charge is 0.497 e. The van der Waals surface area contributed by atoms with Crippen LogP contribution in [0.15, 0.2) is 76.3 Å². The van der Waals surface area contributed by atoms with Crippen LogP contribution in [0.2, 0.25) is 0 Å². The van der Waals surface area contributed by atoms with E-state index in [9.17, 15) is 9.59 Å². The van der Waals surface area contributed by atoms with E-state index in [0.717, 1.165) is 49.3 Å². The first-order valence-electron chi connectivity index (χ1n) is 13.6. The summed E-state index contributed by atoms with van der Waals surface area (Å²) in [5.41, 5.74) is 2.34. The summed E-state index contributed by atoms with van der Waals surface area (Å²) in [6.45, 7) is 2.94. The number of ether oxygens (including phenoxy) is 3. The molecule has 1 fully saturated rings. The van der Waals surface area contributed by atoms with E-state index in [0.29, 0.717) is 21.7 Å². The lowest BCUT2D eigenvalue weighted by atomic mass is 10.1. The van der Waals surface area contributed by atoms with Gasteiger partial charge in [0.05, 0.1) is 24.4 Å². The third kappa shape index (κ3) is 6.02. The van der Waals surface area contributed by atoms with E-state index in [-0.39, 0.29) is 24.1 Å². The van der Waals surface area contributed by atoms with Crippen LogP contribution in [0, 0.1) is 0 Å². The van der Waals surface area contributed by atoms with Gasteiger partial charge in [0.25, 0.3) is 5.91 Å². The minimum Gasteiger partial charge on any atom is -0.497 e. The minimum atomic E-state index is -0.544. The predicted octanol–water partition coefficient (Wildman–Crippen LogP) is 5.79. The number of para-hydroxylation sites is 1. The molecular weight excluding hydrogens is 588 g/mol. The molecule has 0 N–H and O–H groups in total. The maximum absolute atomic E-state index is 12.9. The molecule has 2 aliphatic rings. The Morgan fingerprint density at radius 3 is 2.34 bits per heavy atom. The number of hydrogen-bond donors (Lipinski definition) is 0. The number of hydrogen-bond acceptors (Lipinski definition) is 8. The summed E-state index contributed by atoms with van der Waals surface area (Å²) in [6.07, 6.45) is 2.63. The number of ketones is 1. The lowest BCUT2D eigenvalue weighted by Gasteiger charge is -2.32. The molecule has 3 aromatic carbocycles. The number of halogens is 1. The van der Waals surface area contributed by atoms with Crippen molar-refractivity contribution in [3.63, 3.8) is 0 Å². The van der Waals surface area contributed by atoms with Crippen molar-refractivity contribution in [2.75, 3.05) is 43.8 Å². The third-order valence-electron chi connectivity index (χ3n) is 7.17. The number of amides is 1. The monoisotopic (exact) mass is 620 g/mol. The highest BCUT2D eigenvalue weighted by atomic mass is 79.9. The van der Waals surface area contributed by atoms with E-state index in [4.69, 9.17) is 19.3 Å². The first kappa shape index (κ1) is 28.5. The number of carbonyl (C=O) groups excluding carboxylic acids is 2. The van der Waals surface area contributed by atoms with Gasteiger partial charge in [-0.1, -0.05) is 24.3 Å². The molecule has 2 heterocycles. The van der Waals surface area contributed by atoms with Gasteiger partial charge in [-0.2, -0.15) is 0 Å². The number of anilines is 2. The van der Waals surface area contributed by atoms with Crippen LogP contribution < -0.4 is 24.1 Å². The van der Waals surface area contributed by atoms with Crippen LogP contribution in [-0.2, 0) is 9.59 Å². The quantitative estimate of drug-likeness (QED) is 0.299. The van der Waals surface area contributed by atoms with Crippen LogP contribution in [-0.4, -0.2) is 56.3 Å². The number of rotatable bonds is 9. The van der Waals surface area contributed by atoms with E-state index in [1.54, 1.807) is 14.2 Å². The van der Waals surface area contributed by atoms with Crippen LogP contribution in [0.5, 0.6) is 17.2 Å². The summed E-state index contributed by atoms with van der Waals surface area (Å²) < 4.78 is 17.9. The predicted molar refractivity (Wildman–Crippen MR) is 162 cm³/mol. The van der Waals surface area contributed by atoms with Gasteiger partial charge in [0.15, 0.2) is 35.9 Å². The Morgan fingerprint density at radius 1 is 0.927 bits per heavy atom. The molecule has 1 amide bonds. The highest BCUT2D eigenvalue weighted by Crippen LogP contribution is 2.44. The Bertz CT molecular complexity index is 1440. The molecule has 1 saturated heterocycles. The first-order valence-corrected chi connectivity index (χ1v) is 14.4. The second-order valence-electron chi connectivity index (χ2n) is 9.87. The van der Waals surface area contributed by atoms with Gasteiger partial charge >= 0.3 is 0 Å². The Labute approximate surface area is 248 Å². The molecule has 0 saturated carbocycles. The summed E-state index contributed by atoms with van der Waals surface area (Å²) in [6, 6.07) is 21.0. The number of carbonyl (C=O) groups is 2. The first-order chi connectivity index (χ1) is 19.9. The van der Waals surface area contributed by atoms with Crippen molar-refractivity contribution in [2.24, 2.45) is 5.10 Å². The minimum absolute atomic E-state index is 0.0440. The molecule has 0 aromatic heterocycles. The average Bonchev–Trinajstić information content (AvgIpc) is 3.42. The topological polar surface area (TPSA) is 83.9 Å². The van der Waals surface area contributed by atoms with Gasteiger partial charge in [-0.05, 0) is 71.6 Å². The van der Waals surface area contributed by atoms with E-state index >= 15 is 0 Å². The zero-order chi connectivity index (χ0) is 28.9. The summed E-state index contributed by atoms with van der Waals surface area (Å²) in [4.78, 5) is 29.5. The number of hydrazone groups is 1. The lowest BCUT2D eigenvalue weighted by Crippen LogP contribution is -2.38. The van der Waals surface area contributed by atoms with Crippen molar-refractivity contribution in [3.8, 4) is 17.2 Å². The van der Waals surface area contributed by atoms with Gasteiger partial charge in [0.1, 0.15) is 5.75 Å². The maximum atomic E-state index is 12.9. The Morgan fingerprint density at radius 2 is 1.66 bits per heavy atom. The Balaban J connectivity index is 1.55. The average molecular weight is 622 g/mol. The van der Waals surface area contributed by atoms with E-state index in [1.807, 2.05) is 81.5 Å². The lowest BCUT2D eigenvalue weighted by molar-refractivity contribution is -0.134. The highest BCUT2D eigenvalue weighted by Gasteiger charge is 2.40. The maximum Gasteiger partial charge on any atom is 0.260 e. The highest BCUT2D eigenvalue weighted by molar-refractivity contribution is 9.10. The van der Waals surface area contributed by atoms with Crippen molar-refractivity contribution in [1.82, 2.24) is 4.90 Å². The standard InChI is InChI=1S/C31H33BrN4O5/c1-21(37)30-33-36(23-11-6-4-7-12-23)31(35(30)24-13-10-14-25(19-24)39-2)22-17-26(32)29(27(18-22)40-3)41-20-28(38)34-15-8-5-9-16-34/h4,6-7,10-14,17-19,31H,5,8-9,15-16,20H2,1-3H3/t31-/m0/s1. The van der Waals surface area contributed by atoms with Gasteiger partial charge in [0, 0.05) is 37.3 Å². The zero-order valence-electron chi connectivity index (χ0n) is 23.4. The van der Waals surface area contributed by atoms with Crippen LogP contribution in [0.25, 0.3) is 0 Å². The fourth-order valence-corrected chi connectivity index (χ4v) is 5.74. The molecule has 2 aliphatic heterocycles. The smallest absolute Gasteiger partial charge is 0.260 e. The van der Waals surface area contributed by atoms with Crippen molar-refractivity contribution >= 4 is 44.8 Å². The molecule has 214 valence electrons.